The first-order valence-electron chi connectivity index (χ1n) is 9.76. The van der Waals surface area contributed by atoms with Gasteiger partial charge in [0.05, 0.1) is 19.0 Å². The number of carbonyl (C=O) groups is 2. The van der Waals surface area contributed by atoms with Crippen LogP contribution in [0.2, 0.25) is 0 Å². The summed E-state index contributed by atoms with van der Waals surface area (Å²) in [5, 5.41) is 6.60. The number of methoxy groups -OCH3 is 1. The highest BCUT2D eigenvalue weighted by molar-refractivity contribution is 5.87. The van der Waals surface area contributed by atoms with Crippen LogP contribution in [0.5, 0.6) is 11.5 Å². The number of pyridine rings is 1. The summed E-state index contributed by atoms with van der Waals surface area (Å²) >= 11 is 0. The van der Waals surface area contributed by atoms with E-state index in [1.54, 1.807) is 18.3 Å². The summed E-state index contributed by atoms with van der Waals surface area (Å²) in [5.41, 5.74) is 2.59. The quantitative estimate of drug-likeness (QED) is 0.569. The van der Waals surface area contributed by atoms with Gasteiger partial charge in [0, 0.05) is 24.7 Å². The molecular formula is C23H25N3O4. The SMILES string of the molecule is CCNC(=O)COc1ccc(CNC(=O)Cc2cccc3cccnc23)cc1OC. The third-order valence-corrected chi connectivity index (χ3v) is 4.52. The van der Waals surface area contributed by atoms with Crippen LogP contribution >= 0.6 is 0 Å². The Labute approximate surface area is 175 Å². The van der Waals surface area contributed by atoms with Gasteiger partial charge < -0.3 is 20.1 Å². The Kier molecular flexibility index (Phi) is 7.21. The Morgan fingerprint density at radius 3 is 2.63 bits per heavy atom. The molecule has 0 aliphatic carbocycles. The molecule has 0 bridgehead atoms. The fourth-order valence-corrected chi connectivity index (χ4v) is 3.08. The lowest BCUT2D eigenvalue weighted by molar-refractivity contribution is -0.123. The van der Waals surface area contributed by atoms with Gasteiger partial charge in [-0.25, -0.2) is 0 Å². The minimum absolute atomic E-state index is 0.0840. The number of carbonyl (C=O) groups excluding carboxylic acids is 2. The van der Waals surface area contributed by atoms with Crippen molar-refractivity contribution in [3.05, 3.63) is 65.9 Å². The van der Waals surface area contributed by atoms with Gasteiger partial charge in [-0.2, -0.15) is 0 Å². The third kappa shape index (κ3) is 5.47. The maximum Gasteiger partial charge on any atom is 0.257 e. The monoisotopic (exact) mass is 407 g/mol. The lowest BCUT2D eigenvalue weighted by Crippen LogP contribution is -2.28. The predicted octanol–water partition coefficient (Wildman–Crippen LogP) is 2.62. The van der Waals surface area contributed by atoms with Crippen LogP contribution in [-0.2, 0) is 22.6 Å². The average molecular weight is 407 g/mol. The molecule has 7 heteroatoms. The largest absolute Gasteiger partial charge is 0.493 e. The van der Waals surface area contributed by atoms with Crippen LogP contribution < -0.4 is 20.1 Å². The van der Waals surface area contributed by atoms with E-state index in [1.807, 2.05) is 43.3 Å². The first kappa shape index (κ1) is 21.1. The van der Waals surface area contributed by atoms with Crippen molar-refractivity contribution in [2.75, 3.05) is 20.3 Å². The predicted molar refractivity (Wildman–Crippen MR) is 114 cm³/mol. The number of nitrogens with zero attached hydrogens (tertiary/aromatic N) is 1. The van der Waals surface area contributed by atoms with Gasteiger partial charge >= 0.3 is 0 Å². The van der Waals surface area contributed by atoms with E-state index >= 15 is 0 Å². The van der Waals surface area contributed by atoms with Crippen LogP contribution in [0.15, 0.2) is 54.7 Å². The van der Waals surface area contributed by atoms with Crippen molar-refractivity contribution < 1.29 is 19.1 Å². The lowest BCUT2D eigenvalue weighted by atomic mass is 10.1. The number of hydrogen-bond donors (Lipinski definition) is 2. The number of nitrogens with one attached hydrogen (secondary N) is 2. The van der Waals surface area contributed by atoms with Crippen molar-refractivity contribution in [3.63, 3.8) is 0 Å². The van der Waals surface area contributed by atoms with Crippen molar-refractivity contribution in [1.29, 1.82) is 0 Å². The number of para-hydroxylation sites is 1. The summed E-state index contributed by atoms with van der Waals surface area (Å²) in [6, 6.07) is 15.0. The zero-order chi connectivity index (χ0) is 21.3. The van der Waals surface area contributed by atoms with E-state index in [-0.39, 0.29) is 24.8 Å². The van der Waals surface area contributed by atoms with Gasteiger partial charge in [0.2, 0.25) is 5.91 Å². The van der Waals surface area contributed by atoms with E-state index < -0.39 is 0 Å². The van der Waals surface area contributed by atoms with Gasteiger partial charge in [-0.05, 0) is 36.2 Å². The summed E-state index contributed by atoms with van der Waals surface area (Å²) in [7, 11) is 1.53. The van der Waals surface area contributed by atoms with Crippen molar-refractivity contribution in [3.8, 4) is 11.5 Å². The molecule has 3 aromatic rings. The fourth-order valence-electron chi connectivity index (χ4n) is 3.08. The van der Waals surface area contributed by atoms with Gasteiger partial charge in [0.25, 0.3) is 5.91 Å². The Morgan fingerprint density at radius 1 is 1.00 bits per heavy atom. The number of likely N-dealkylation sites (N-methyl/N-ethyl adjacent to an activating group) is 1. The Balaban J connectivity index is 1.59. The van der Waals surface area contributed by atoms with Crippen LogP contribution in [0.1, 0.15) is 18.1 Å². The number of benzene rings is 2. The molecule has 0 aliphatic heterocycles. The first-order chi connectivity index (χ1) is 14.6. The normalized spacial score (nSPS) is 10.5. The molecule has 3 rings (SSSR count). The molecule has 0 saturated heterocycles. The van der Waals surface area contributed by atoms with E-state index in [2.05, 4.69) is 15.6 Å². The zero-order valence-corrected chi connectivity index (χ0v) is 17.1. The van der Waals surface area contributed by atoms with Gasteiger partial charge in [0.1, 0.15) is 0 Å². The van der Waals surface area contributed by atoms with E-state index in [0.29, 0.717) is 24.6 Å². The van der Waals surface area contributed by atoms with E-state index in [1.165, 1.54) is 7.11 Å². The molecule has 2 aromatic carbocycles. The highest BCUT2D eigenvalue weighted by Crippen LogP contribution is 2.28. The van der Waals surface area contributed by atoms with Crippen LogP contribution in [0.3, 0.4) is 0 Å². The smallest absolute Gasteiger partial charge is 0.257 e. The molecule has 0 spiro atoms. The molecule has 1 aromatic heterocycles. The first-order valence-corrected chi connectivity index (χ1v) is 9.76. The van der Waals surface area contributed by atoms with Crippen LogP contribution in [-0.4, -0.2) is 37.1 Å². The highest BCUT2D eigenvalue weighted by Gasteiger charge is 2.11. The van der Waals surface area contributed by atoms with E-state index in [0.717, 1.165) is 22.0 Å². The molecule has 0 fully saturated rings. The second-order valence-corrected chi connectivity index (χ2v) is 6.67. The summed E-state index contributed by atoms with van der Waals surface area (Å²) in [4.78, 5) is 28.4. The molecule has 30 heavy (non-hydrogen) atoms. The Bertz CT molecular complexity index is 1030. The van der Waals surface area contributed by atoms with Gasteiger partial charge in [-0.1, -0.05) is 30.3 Å². The fraction of sp³-hybridized carbons (Fsp3) is 0.261. The average Bonchev–Trinajstić information content (AvgIpc) is 2.77. The van der Waals surface area contributed by atoms with Crippen LogP contribution in [0.25, 0.3) is 10.9 Å². The maximum atomic E-state index is 12.5. The summed E-state index contributed by atoms with van der Waals surface area (Å²) in [6.45, 7) is 2.66. The van der Waals surface area contributed by atoms with Crippen molar-refractivity contribution >= 4 is 22.7 Å². The van der Waals surface area contributed by atoms with Crippen molar-refractivity contribution in [2.24, 2.45) is 0 Å². The second-order valence-electron chi connectivity index (χ2n) is 6.67. The van der Waals surface area contributed by atoms with Crippen LogP contribution in [0.4, 0.5) is 0 Å². The van der Waals surface area contributed by atoms with Gasteiger partial charge in [0.15, 0.2) is 18.1 Å². The standard InChI is InChI=1S/C23H25N3O4/c1-3-24-22(28)15-30-19-10-9-16(12-20(19)29-2)14-26-21(27)13-18-7-4-6-17-8-5-11-25-23(17)18/h4-12H,3,13-15H2,1-2H3,(H,24,28)(H,26,27). The van der Waals surface area contributed by atoms with Crippen molar-refractivity contribution in [2.45, 2.75) is 19.9 Å². The number of ether oxygens (including phenoxy) is 2. The number of rotatable bonds is 9. The van der Waals surface area contributed by atoms with E-state index in [9.17, 15) is 9.59 Å². The summed E-state index contributed by atoms with van der Waals surface area (Å²) in [6.07, 6.45) is 1.98. The molecule has 0 radical (unpaired) electrons. The second kappa shape index (κ2) is 10.2. The van der Waals surface area contributed by atoms with Crippen LogP contribution in [0, 0.1) is 0 Å². The molecule has 0 unspecified atom stereocenters. The molecule has 2 amide bonds. The Hall–Kier alpha value is -3.61. The number of amides is 2. The molecule has 2 N–H and O–H groups in total. The number of hydrogen-bond acceptors (Lipinski definition) is 5. The van der Waals surface area contributed by atoms with Gasteiger partial charge in [-0.15, -0.1) is 0 Å². The lowest BCUT2D eigenvalue weighted by Gasteiger charge is -2.13. The molecule has 7 nitrogen and oxygen atoms in total. The minimum atomic E-state index is -0.196. The molecule has 1 heterocycles. The van der Waals surface area contributed by atoms with Gasteiger partial charge in [-0.3, -0.25) is 14.6 Å². The highest BCUT2D eigenvalue weighted by atomic mass is 16.5. The number of aromatic nitrogens is 1. The van der Waals surface area contributed by atoms with E-state index in [4.69, 9.17) is 9.47 Å². The number of fused-ring (bicyclic) bond motifs is 1. The van der Waals surface area contributed by atoms with Crippen molar-refractivity contribution in [1.82, 2.24) is 15.6 Å². The zero-order valence-electron chi connectivity index (χ0n) is 17.1. The maximum absolute atomic E-state index is 12.5. The molecular weight excluding hydrogens is 382 g/mol. The molecule has 0 aliphatic rings. The third-order valence-electron chi connectivity index (χ3n) is 4.52. The molecule has 0 atom stereocenters. The summed E-state index contributed by atoms with van der Waals surface area (Å²) < 4.78 is 10.9. The summed E-state index contributed by atoms with van der Waals surface area (Å²) in [5.74, 6) is 0.687. The molecule has 156 valence electrons. The topological polar surface area (TPSA) is 89.6 Å². The Morgan fingerprint density at radius 2 is 1.83 bits per heavy atom. The minimum Gasteiger partial charge on any atom is -0.493 e. The molecule has 0 saturated carbocycles.